The molecule has 3 rings (SSSR count). The highest BCUT2D eigenvalue weighted by Crippen LogP contribution is 2.37. The standard InChI is InChI=1S/C14H19N3OS/c1-14(2,3)12-15-13(19-16-12)17-8-4-6-10(17)11-7-5-9-18-11/h5,7,9-10H,4,6,8H2,1-3H3. The van der Waals surface area contributed by atoms with Gasteiger partial charge in [-0.25, -0.2) is 4.98 Å². The fraction of sp³-hybridized carbons (Fsp3) is 0.571. The molecule has 0 aliphatic carbocycles. The van der Waals surface area contributed by atoms with E-state index >= 15 is 0 Å². The molecule has 2 aromatic rings. The lowest BCUT2D eigenvalue weighted by Crippen LogP contribution is -2.22. The van der Waals surface area contributed by atoms with Gasteiger partial charge in [-0.15, -0.1) is 0 Å². The predicted molar refractivity (Wildman–Crippen MR) is 76.6 cm³/mol. The van der Waals surface area contributed by atoms with Gasteiger partial charge in [-0.3, -0.25) is 0 Å². The van der Waals surface area contributed by atoms with Gasteiger partial charge in [0.1, 0.15) is 11.6 Å². The largest absolute Gasteiger partial charge is 0.467 e. The molecule has 1 atom stereocenters. The minimum atomic E-state index is 0.00858. The summed E-state index contributed by atoms with van der Waals surface area (Å²) in [7, 11) is 0. The summed E-state index contributed by atoms with van der Waals surface area (Å²) in [5.41, 5.74) is 0.00858. The molecular formula is C14H19N3OS. The number of hydrogen-bond donors (Lipinski definition) is 0. The lowest BCUT2D eigenvalue weighted by Gasteiger charge is -2.21. The summed E-state index contributed by atoms with van der Waals surface area (Å²) in [4.78, 5) is 7.04. The molecule has 0 spiro atoms. The predicted octanol–water partition coefficient (Wildman–Crippen LogP) is 3.77. The minimum absolute atomic E-state index is 0.00858. The summed E-state index contributed by atoms with van der Waals surface area (Å²) in [6.07, 6.45) is 4.04. The van der Waals surface area contributed by atoms with Crippen molar-refractivity contribution >= 4 is 16.7 Å². The van der Waals surface area contributed by atoms with Crippen LogP contribution >= 0.6 is 11.5 Å². The molecule has 4 nitrogen and oxygen atoms in total. The molecule has 102 valence electrons. The smallest absolute Gasteiger partial charge is 0.205 e. The third-order valence-corrected chi connectivity index (χ3v) is 4.21. The van der Waals surface area contributed by atoms with Crippen molar-refractivity contribution in [2.45, 2.75) is 45.1 Å². The van der Waals surface area contributed by atoms with Crippen LogP contribution in [-0.2, 0) is 5.41 Å². The van der Waals surface area contributed by atoms with Gasteiger partial charge in [0.05, 0.1) is 12.3 Å². The van der Waals surface area contributed by atoms with Crippen molar-refractivity contribution in [1.29, 1.82) is 0 Å². The van der Waals surface area contributed by atoms with Gasteiger partial charge in [0.15, 0.2) is 0 Å². The van der Waals surface area contributed by atoms with E-state index in [-0.39, 0.29) is 5.41 Å². The van der Waals surface area contributed by atoms with E-state index in [1.165, 1.54) is 18.0 Å². The summed E-state index contributed by atoms with van der Waals surface area (Å²) >= 11 is 1.50. The first-order chi connectivity index (χ1) is 9.05. The van der Waals surface area contributed by atoms with Crippen molar-refractivity contribution in [2.75, 3.05) is 11.4 Å². The maximum atomic E-state index is 5.56. The van der Waals surface area contributed by atoms with Gasteiger partial charge in [-0.1, -0.05) is 20.8 Å². The molecule has 2 aromatic heterocycles. The highest BCUT2D eigenvalue weighted by atomic mass is 32.1. The second kappa shape index (κ2) is 4.63. The zero-order chi connectivity index (χ0) is 13.5. The first-order valence-electron chi connectivity index (χ1n) is 6.70. The molecule has 1 saturated heterocycles. The second-order valence-corrected chi connectivity index (χ2v) is 6.75. The Morgan fingerprint density at radius 1 is 1.42 bits per heavy atom. The van der Waals surface area contributed by atoms with Gasteiger partial charge in [0, 0.05) is 23.5 Å². The quantitative estimate of drug-likeness (QED) is 0.838. The summed E-state index contributed by atoms with van der Waals surface area (Å²) in [6, 6.07) is 4.32. The Morgan fingerprint density at radius 2 is 2.26 bits per heavy atom. The maximum absolute atomic E-state index is 5.56. The normalized spacial score (nSPS) is 20.2. The number of furan rings is 1. The van der Waals surface area contributed by atoms with Crippen LogP contribution in [-0.4, -0.2) is 15.9 Å². The average molecular weight is 277 g/mol. The Hall–Kier alpha value is -1.36. The zero-order valence-electron chi connectivity index (χ0n) is 11.6. The van der Waals surface area contributed by atoms with Crippen LogP contribution in [0.25, 0.3) is 0 Å². The molecule has 1 aliphatic heterocycles. The van der Waals surface area contributed by atoms with Crippen molar-refractivity contribution in [1.82, 2.24) is 9.36 Å². The molecule has 0 amide bonds. The lowest BCUT2D eigenvalue weighted by molar-refractivity contribution is 0.465. The molecule has 0 bridgehead atoms. The van der Waals surface area contributed by atoms with Gasteiger partial charge in [-0.2, -0.15) is 4.37 Å². The van der Waals surface area contributed by atoms with Crippen molar-refractivity contribution in [2.24, 2.45) is 0 Å². The maximum Gasteiger partial charge on any atom is 0.205 e. The Labute approximate surface area is 117 Å². The lowest BCUT2D eigenvalue weighted by atomic mass is 9.96. The van der Waals surface area contributed by atoms with Gasteiger partial charge in [-0.05, 0) is 25.0 Å². The van der Waals surface area contributed by atoms with Crippen LogP contribution in [0.15, 0.2) is 22.8 Å². The minimum Gasteiger partial charge on any atom is -0.467 e. The Bertz CT molecular complexity index is 541. The fourth-order valence-electron chi connectivity index (χ4n) is 2.41. The van der Waals surface area contributed by atoms with Crippen LogP contribution in [0, 0.1) is 0 Å². The van der Waals surface area contributed by atoms with E-state index in [0.717, 1.165) is 29.7 Å². The molecule has 0 saturated carbocycles. The van der Waals surface area contributed by atoms with Crippen LogP contribution in [0.2, 0.25) is 0 Å². The Morgan fingerprint density at radius 3 is 2.89 bits per heavy atom. The monoisotopic (exact) mass is 277 g/mol. The van der Waals surface area contributed by atoms with E-state index in [1.54, 1.807) is 6.26 Å². The van der Waals surface area contributed by atoms with E-state index in [1.807, 2.05) is 6.07 Å². The second-order valence-electron chi connectivity index (χ2n) is 6.02. The highest BCUT2D eigenvalue weighted by Gasteiger charge is 2.31. The fourth-order valence-corrected chi connectivity index (χ4v) is 3.34. The molecule has 0 radical (unpaired) electrons. The van der Waals surface area contributed by atoms with Crippen LogP contribution < -0.4 is 4.90 Å². The third-order valence-electron chi connectivity index (χ3n) is 3.46. The molecule has 19 heavy (non-hydrogen) atoms. The Balaban J connectivity index is 1.87. The van der Waals surface area contributed by atoms with Crippen molar-refractivity contribution in [3.63, 3.8) is 0 Å². The molecule has 1 unspecified atom stereocenters. The molecule has 1 aliphatic rings. The van der Waals surface area contributed by atoms with Crippen LogP contribution in [0.5, 0.6) is 0 Å². The molecule has 0 aromatic carbocycles. The molecule has 0 N–H and O–H groups in total. The molecule has 3 heterocycles. The first kappa shape index (κ1) is 12.7. The third kappa shape index (κ3) is 2.39. The number of aromatic nitrogens is 2. The van der Waals surface area contributed by atoms with Crippen LogP contribution in [0.3, 0.4) is 0 Å². The Kier molecular flexibility index (Phi) is 3.09. The highest BCUT2D eigenvalue weighted by molar-refractivity contribution is 7.09. The van der Waals surface area contributed by atoms with Crippen LogP contribution in [0.4, 0.5) is 5.13 Å². The van der Waals surface area contributed by atoms with Crippen LogP contribution in [0.1, 0.15) is 51.2 Å². The van der Waals surface area contributed by atoms with Crippen molar-refractivity contribution in [3.05, 3.63) is 30.0 Å². The number of hydrogen-bond acceptors (Lipinski definition) is 5. The summed E-state index contributed by atoms with van der Waals surface area (Å²) in [5.74, 6) is 1.96. The topological polar surface area (TPSA) is 42.2 Å². The summed E-state index contributed by atoms with van der Waals surface area (Å²) < 4.78 is 10.1. The SMILES string of the molecule is CC(C)(C)c1nsc(N2CCCC2c2ccco2)n1. The average Bonchev–Trinajstić information content (AvgIpc) is 3.09. The number of rotatable bonds is 2. The van der Waals surface area contributed by atoms with Gasteiger partial charge in [0.2, 0.25) is 5.13 Å². The van der Waals surface area contributed by atoms with Crippen molar-refractivity contribution in [3.8, 4) is 0 Å². The van der Waals surface area contributed by atoms with E-state index in [2.05, 4.69) is 36.1 Å². The zero-order valence-corrected chi connectivity index (χ0v) is 12.4. The van der Waals surface area contributed by atoms with Gasteiger partial charge >= 0.3 is 0 Å². The summed E-state index contributed by atoms with van der Waals surface area (Å²) in [6.45, 7) is 7.47. The van der Waals surface area contributed by atoms with Gasteiger partial charge < -0.3 is 9.32 Å². The number of anilines is 1. The molecule has 1 fully saturated rings. The van der Waals surface area contributed by atoms with Gasteiger partial charge in [0.25, 0.3) is 0 Å². The van der Waals surface area contributed by atoms with E-state index in [4.69, 9.17) is 9.40 Å². The summed E-state index contributed by atoms with van der Waals surface area (Å²) in [5, 5.41) is 1.02. The molecule has 5 heteroatoms. The van der Waals surface area contributed by atoms with E-state index in [0.29, 0.717) is 6.04 Å². The van der Waals surface area contributed by atoms with E-state index < -0.39 is 0 Å². The molecular weight excluding hydrogens is 258 g/mol. The van der Waals surface area contributed by atoms with Crippen molar-refractivity contribution < 1.29 is 4.42 Å². The first-order valence-corrected chi connectivity index (χ1v) is 7.47. The number of nitrogens with zero attached hydrogens (tertiary/aromatic N) is 3. The van der Waals surface area contributed by atoms with E-state index in [9.17, 15) is 0 Å².